The van der Waals surface area contributed by atoms with Crippen LogP contribution in [0.5, 0.6) is 0 Å². The van der Waals surface area contributed by atoms with Gasteiger partial charge in [-0.05, 0) is 44.4 Å². The first-order valence-corrected chi connectivity index (χ1v) is 6.30. The average molecular weight is 257 g/mol. The predicted octanol–water partition coefficient (Wildman–Crippen LogP) is 3.78. The maximum absolute atomic E-state index is 12.6. The normalized spacial score (nSPS) is 25.1. The number of hydrogen-bond donors (Lipinski definition) is 1. The lowest BCUT2D eigenvalue weighted by Gasteiger charge is -2.35. The Morgan fingerprint density at radius 1 is 1.28 bits per heavy atom. The predicted molar refractivity (Wildman–Crippen MR) is 65.4 cm³/mol. The lowest BCUT2D eigenvalue weighted by atomic mass is 9.85. The van der Waals surface area contributed by atoms with Gasteiger partial charge in [0.2, 0.25) is 0 Å². The van der Waals surface area contributed by atoms with Crippen LogP contribution >= 0.6 is 0 Å². The van der Waals surface area contributed by atoms with Gasteiger partial charge in [0.25, 0.3) is 0 Å². The molecule has 1 heterocycles. The van der Waals surface area contributed by atoms with E-state index in [2.05, 4.69) is 12.2 Å². The molecule has 1 fully saturated rings. The molecule has 0 aliphatic carbocycles. The van der Waals surface area contributed by atoms with Gasteiger partial charge in [0.15, 0.2) is 0 Å². The Morgan fingerprint density at radius 2 is 2.06 bits per heavy atom. The highest BCUT2D eigenvalue weighted by atomic mass is 19.4. The molecule has 1 saturated heterocycles. The van der Waals surface area contributed by atoms with Crippen LogP contribution in [0.1, 0.15) is 37.3 Å². The quantitative estimate of drug-likeness (QED) is 0.850. The SMILES string of the molecule is CC1(Cc2cccc(C(F)(F)F)c2)CCCCN1. The van der Waals surface area contributed by atoms with Gasteiger partial charge in [0.05, 0.1) is 5.56 Å². The molecule has 0 amide bonds. The zero-order chi connectivity index (χ0) is 13.2. The van der Waals surface area contributed by atoms with Gasteiger partial charge >= 0.3 is 6.18 Å². The van der Waals surface area contributed by atoms with E-state index in [0.29, 0.717) is 6.42 Å². The summed E-state index contributed by atoms with van der Waals surface area (Å²) in [5.74, 6) is 0. The highest BCUT2D eigenvalue weighted by Gasteiger charge is 2.31. The molecule has 1 atom stereocenters. The van der Waals surface area contributed by atoms with E-state index in [1.54, 1.807) is 6.07 Å². The minimum Gasteiger partial charge on any atom is -0.311 e. The molecule has 1 aliphatic rings. The fourth-order valence-electron chi connectivity index (χ4n) is 2.58. The molecule has 4 heteroatoms. The lowest BCUT2D eigenvalue weighted by molar-refractivity contribution is -0.137. The number of benzene rings is 1. The number of piperidine rings is 1. The highest BCUT2D eigenvalue weighted by Crippen LogP contribution is 2.31. The second kappa shape index (κ2) is 4.92. The molecule has 1 aromatic carbocycles. The van der Waals surface area contributed by atoms with Crippen LogP contribution in [0, 0.1) is 0 Å². The van der Waals surface area contributed by atoms with Crippen LogP contribution in [0.2, 0.25) is 0 Å². The van der Waals surface area contributed by atoms with Crippen LogP contribution in [0.25, 0.3) is 0 Å². The van der Waals surface area contributed by atoms with Gasteiger partial charge in [0.1, 0.15) is 0 Å². The fourth-order valence-corrected chi connectivity index (χ4v) is 2.58. The topological polar surface area (TPSA) is 12.0 Å². The van der Waals surface area contributed by atoms with Crippen LogP contribution in [0.4, 0.5) is 13.2 Å². The molecule has 18 heavy (non-hydrogen) atoms. The molecule has 0 bridgehead atoms. The maximum atomic E-state index is 12.6. The summed E-state index contributed by atoms with van der Waals surface area (Å²) in [6.07, 6.45) is -0.294. The van der Waals surface area contributed by atoms with Gasteiger partial charge in [-0.25, -0.2) is 0 Å². The van der Waals surface area contributed by atoms with Crippen molar-refractivity contribution in [2.75, 3.05) is 6.54 Å². The molecule has 1 aliphatic heterocycles. The summed E-state index contributed by atoms with van der Waals surface area (Å²) in [6, 6.07) is 5.66. The maximum Gasteiger partial charge on any atom is 0.416 e. The molecule has 100 valence electrons. The van der Waals surface area contributed by atoms with Crippen LogP contribution in [0.3, 0.4) is 0 Å². The van der Waals surface area contributed by atoms with Crippen LogP contribution < -0.4 is 5.32 Å². The minimum absolute atomic E-state index is 0.0670. The van der Waals surface area contributed by atoms with Gasteiger partial charge in [-0.2, -0.15) is 13.2 Å². The first kappa shape index (κ1) is 13.4. The standard InChI is InChI=1S/C14H18F3N/c1-13(7-2-3-8-18-13)10-11-5-4-6-12(9-11)14(15,16)17/h4-6,9,18H,2-3,7-8,10H2,1H3. The van der Waals surface area contributed by atoms with E-state index in [1.807, 2.05) is 0 Å². The van der Waals surface area contributed by atoms with Crippen molar-refractivity contribution in [3.63, 3.8) is 0 Å². The van der Waals surface area contributed by atoms with E-state index >= 15 is 0 Å². The second-order valence-electron chi connectivity index (χ2n) is 5.32. The summed E-state index contributed by atoms with van der Waals surface area (Å²) in [5.41, 5.74) is 0.129. The van der Waals surface area contributed by atoms with Crippen LogP contribution in [-0.4, -0.2) is 12.1 Å². The smallest absolute Gasteiger partial charge is 0.311 e. The van der Waals surface area contributed by atoms with Crippen molar-refractivity contribution in [1.29, 1.82) is 0 Å². The monoisotopic (exact) mass is 257 g/mol. The number of rotatable bonds is 2. The van der Waals surface area contributed by atoms with Crippen molar-refractivity contribution in [3.8, 4) is 0 Å². The molecule has 1 N–H and O–H groups in total. The second-order valence-corrected chi connectivity index (χ2v) is 5.32. The number of hydrogen-bond acceptors (Lipinski definition) is 1. The van der Waals surface area contributed by atoms with E-state index in [1.165, 1.54) is 12.1 Å². The third-order valence-corrected chi connectivity index (χ3v) is 3.56. The van der Waals surface area contributed by atoms with E-state index in [9.17, 15) is 13.2 Å². The first-order chi connectivity index (χ1) is 8.39. The fraction of sp³-hybridized carbons (Fsp3) is 0.571. The largest absolute Gasteiger partial charge is 0.416 e. The van der Waals surface area contributed by atoms with Gasteiger partial charge in [0, 0.05) is 5.54 Å². The summed E-state index contributed by atoms with van der Waals surface area (Å²) in [7, 11) is 0. The van der Waals surface area contributed by atoms with Crippen molar-refractivity contribution < 1.29 is 13.2 Å². The average Bonchev–Trinajstić information content (AvgIpc) is 2.28. The third-order valence-electron chi connectivity index (χ3n) is 3.56. The number of nitrogens with one attached hydrogen (secondary N) is 1. The summed E-state index contributed by atoms with van der Waals surface area (Å²) in [4.78, 5) is 0. The Morgan fingerprint density at radius 3 is 2.67 bits per heavy atom. The molecule has 0 aromatic heterocycles. The van der Waals surface area contributed by atoms with E-state index in [0.717, 1.165) is 37.4 Å². The highest BCUT2D eigenvalue weighted by molar-refractivity contribution is 5.27. The molecule has 0 radical (unpaired) electrons. The van der Waals surface area contributed by atoms with Gasteiger partial charge in [-0.1, -0.05) is 24.6 Å². The van der Waals surface area contributed by atoms with Crippen molar-refractivity contribution >= 4 is 0 Å². The van der Waals surface area contributed by atoms with Crippen molar-refractivity contribution in [1.82, 2.24) is 5.32 Å². The summed E-state index contributed by atoms with van der Waals surface area (Å²) in [6.45, 7) is 3.04. The molecule has 1 unspecified atom stereocenters. The van der Waals surface area contributed by atoms with Gasteiger partial charge < -0.3 is 5.32 Å². The molecule has 0 saturated carbocycles. The zero-order valence-corrected chi connectivity index (χ0v) is 10.5. The zero-order valence-electron chi connectivity index (χ0n) is 10.5. The molecular formula is C14H18F3N. The third kappa shape index (κ3) is 3.25. The van der Waals surface area contributed by atoms with E-state index < -0.39 is 11.7 Å². The molecule has 1 nitrogen and oxygen atoms in total. The molecule has 1 aromatic rings. The van der Waals surface area contributed by atoms with Gasteiger partial charge in [-0.3, -0.25) is 0 Å². The number of halogens is 3. The first-order valence-electron chi connectivity index (χ1n) is 6.30. The Kier molecular flexibility index (Phi) is 3.66. The van der Waals surface area contributed by atoms with Crippen molar-refractivity contribution in [2.24, 2.45) is 0 Å². The van der Waals surface area contributed by atoms with Crippen molar-refractivity contribution in [3.05, 3.63) is 35.4 Å². The lowest BCUT2D eigenvalue weighted by Crippen LogP contribution is -2.47. The van der Waals surface area contributed by atoms with Crippen molar-refractivity contribution in [2.45, 2.75) is 44.3 Å². The van der Waals surface area contributed by atoms with E-state index in [4.69, 9.17) is 0 Å². The summed E-state index contributed by atoms with van der Waals surface area (Å²) < 4.78 is 37.9. The number of alkyl halides is 3. The summed E-state index contributed by atoms with van der Waals surface area (Å²) >= 11 is 0. The van der Waals surface area contributed by atoms with E-state index in [-0.39, 0.29) is 5.54 Å². The van der Waals surface area contributed by atoms with Gasteiger partial charge in [-0.15, -0.1) is 0 Å². The molecular weight excluding hydrogens is 239 g/mol. The van der Waals surface area contributed by atoms with Crippen LogP contribution in [-0.2, 0) is 12.6 Å². The molecule has 2 rings (SSSR count). The molecule has 0 spiro atoms. The summed E-state index contributed by atoms with van der Waals surface area (Å²) in [5, 5.41) is 3.42. The van der Waals surface area contributed by atoms with Crippen LogP contribution in [0.15, 0.2) is 24.3 Å². The minimum atomic E-state index is -4.25. The Hall–Kier alpha value is -1.03. The Bertz CT molecular complexity index is 406. The Balaban J connectivity index is 2.14. The Labute approximate surface area is 105 Å².